The smallest absolute Gasteiger partial charge is 0.332 e. The highest BCUT2D eigenvalue weighted by atomic mass is 19.4. The number of aromatic amines is 1. The van der Waals surface area contributed by atoms with Crippen molar-refractivity contribution in [3.8, 4) is 0 Å². The summed E-state index contributed by atoms with van der Waals surface area (Å²) in [6.07, 6.45) is -6.87. The molecule has 3 rings (SSSR count). The molecule has 0 saturated carbocycles. The third kappa shape index (κ3) is 6.71. The summed E-state index contributed by atoms with van der Waals surface area (Å²) in [4.78, 5) is 33.4. The van der Waals surface area contributed by atoms with E-state index in [2.05, 4.69) is 9.97 Å². The molecular weight excluding hydrogens is 476 g/mol. The lowest BCUT2D eigenvalue weighted by molar-refractivity contribution is -0.143. The number of rotatable bonds is 7. The van der Waals surface area contributed by atoms with Gasteiger partial charge in [0.05, 0.1) is 28.6 Å². The first-order valence-electron chi connectivity index (χ1n) is 10.6. The van der Waals surface area contributed by atoms with Crippen molar-refractivity contribution in [1.82, 2.24) is 14.9 Å². The minimum Gasteiger partial charge on any atom is -0.332 e. The number of aromatic nitrogens is 2. The number of unbranched alkanes of at least 4 members (excludes halogenated alkanes) is 1. The van der Waals surface area contributed by atoms with E-state index in [4.69, 9.17) is 0 Å². The van der Waals surface area contributed by atoms with Gasteiger partial charge in [-0.2, -0.15) is 26.3 Å². The molecule has 11 heteroatoms. The maximum atomic E-state index is 13.1. The maximum absolute atomic E-state index is 13.1. The van der Waals surface area contributed by atoms with Gasteiger partial charge in [-0.15, -0.1) is 0 Å². The zero-order valence-corrected chi connectivity index (χ0v) is 18.5. The molecule has 1 amide bonds. The Kier molecular flexibility index (Phi) is 7.67. The predicted octanol–water partition coefficient (Wildman–Crippen LogP) is 5.80. The second-order valence-corrected chi connectivity index (χ2v) is 7.82. The molecular formula is C24H21F6N3O2. The summed E-state index contributed by atoms with van der Waals surface area (Å²) in [6, 6.07) is 7.71. The normalized spacial score (nSPS) is 12.4. The largest absolute Gasteiger partial charge is 0.416 e. The Morgan fingerprint density at radius 3 is 2.26 bits per heavy atom. The quantitative estimate of drug-likeness (QED) is 0.331. The molecule has 0 unspecified atom stereocenters. The van der Waals surface area contributed by atoms with Gasteiger partial charge >= 0.3 is 12.4 Å². The lowest BCUT2D eigenvalue weighted by atomic mass is 10.0. The van der Waals surface area contributed by atoms with Crippen molar-refractivity contribution in [1.29, 1.82) is 0 Å². The first-order valence-corrected chi connectivity index (χ1v) is 10.6. The lowest BCUT2D eigenvalue weighted by Gasteiger charge is -2.20. The van der Waals surface area contributed by atoms with Gasteiger partial charge in [0, 0.05) is 12.6 Å². The Morgan fingerprint density at radius 2 is 1.66 bits per heavy atom. The molecule has 0 saturated heterocycles. The molecule has 1 aromatic heterocycles. The van der Waals surface area contributed by atoms with E-state index in [-0.39, 0.29) is 25.0 Å². The minimum atomic E-state index is -4.99. The van der Waals surface area contributed by atoms with E-state index in [1.165, 1.54) is 4.90 Å². The molecule has 0 spiro atoms. The number of carbonyl (C=O) groups is 1. The molecule has 0 bridgehead atoms. The van der Waals surface area contributed by atoms with Crippen LogP contribution >= 0.6 is 0 Å². The highest BCUT2D eigenvalue weighted by molar-refractivity contribution is 5.91. The van der Waals surface area contributed by atoms with Crippen molar-refractivity contribution in [3.05, 3.63) is 81.4 Å². The van der Waals surface area contributed by atoms with Gasteiger partial charge in [-0.3, -0.25) is 9.59 Å². The fraction of sp³-hybridized carbons (Fsp3) is 0.292. The van der Waals surface area contributed by atoms with E-state index in [0.29, 0.717) is 29.5 Å². The molecule has 3 aromatic rings. The molecule has 1 heterocycles. The number of hydrogen-bond donors (Lipinski definition) is 1. The van der Waals surface area contributed by atoms with Crippen LogP contribution in [0.15, 0.2) is 53.3 Å². The number of fused-ring (bicyclic) bond motifs is 1. The van der Waals surface area contributed by atoms with Gasteiger partial charge in [0.2, 0.25) is 5.91 Å². The molecule has 0 aliphatic rings. The zero-order chi connectivity index (χ0) is 25.8. The summed E-state index contributed by atoms with van der Waals surface area (Å²) < 4.78 is 78.5. The van der Waals surface area contributed by atoms with Crippen LogP contribution in [0.2, 0.25) is 0 Å². The first kappa shape index (κ1) is 26.0. The first-order chi connectivity index (χ1) is 16.4. The molecule has 0 aliphatic heterocycles. The van der Waals surface area contributed by atoms with E-state index in [9.17, 15) is 35.9 Å². The van der Waals surface area contributed by atoms with E-state index >= 15 is 0 Å². The van der Waals surface area contributed by atoms with Crippen LogP contribution in [0.1, 0.15) is 42.3 Å². The second kappa shape index (κ2) is 10.3. The number of carbonyl (C=O) groups excluding carboxylic acids is 1. The van der Waals surface area contributed by atoms with Crippen LogP contribution in [0, 0.1) is 0 Å². The van der Waals surface area contributed by atoms with Crippen LogP contribution < -0.4 is 5.56 Å². The molecule has 0 atom stereocenters. The van der Waals surface area contributed by atoms with Crippen molar-refractivity contribution in [2.24, 2.45) is 0 Å². The highest BCUT2D eigenvalue weighted by Crippen LogP contribution is 2.36. The predicted molar refractivity (Wildman–Crippen MR) is 118 cm³/mol. The van der Waals surface area contributed by atoms with Gasteiger partial charge in [0.1, 0.15) is 5.82 Å². The average Bonchev–Trinajstić information content (AvgIpc) is 2.79. The number of benzene rings is 2. The Balaban J connectivity index is 1.90. The molecule has 0 fully saturated rings. The summed E-state index contributed by atoms with van der Waals surface area (Å²) in [5.74, 6) is -0.454. The van der Waals surface area contributed by atoms with Crippen molar-refractivity contribution >= 4 is 22.9 Å². The van der Waals surface area contributed by atoms with Crippen molar-refractivity contribution in [2.45, 2.75) is 38.7 Å². The van der Waals surface area contributed by atoms with Crippen LogP contribution in [0.3, 0.4) is 0 Å². The van der Waals surface area contributed by atoms with Crippen molar-refractivity contribution in [2.75, 3.05) is 6.54 Å². The molecule has 1 N–H and O–H groups in total. The van der Waals surface area contributed by atoms with Crippen LogP contribution in [-0.2, 0) is 23.7 Å². The number of halogens is 6. The van der Waals surface area contributed by atoms with Crippen molar-refractivity contribution < 1.29 is 31.1 Å². The Hall–Kier alpha value is -3.63. The van der Waals surface area contributed by atoms with Gasteiger partial charge in [-0.1, -0.05) is 25.5 Å². The van der Waals surface area contributed by atoms with Crippen LogP contribution in [0.25, 0.3) is 17.0 Å². The number of para-hydroxylation sites is 1. The third-order valence-corrected chi connectivity index (χ3v) is 5.12. The van der Waals surface area contributed by atoms with Gasteiger partial charge in [-0.05, 0) is 48.4 Å². The average molecular weight is 497 g/mol. The second-order valence-electron chi connectivity index (χ2n) is 7.82. The monoisotopic (exact) mass is 497 g/mol. The number of nitrogens with one attached hydrogen (secondary N) is 1. The van der Waals surface area contributed by atoms with E-state index in [1.54, 1.807) is 24.3 Å². The van der Waals surface area contributed by atoms with E-state index < -0.39 is 40.5 Å². The Labute approximate surface area is 196 Å². The Bertz CT molecular complexity index is 1260. The number of hydrogen-bond acceptors (Lipinski definition) is 3. The maximum Gasteiger partial charge on any atom is 0.416 e. The van der Waals surface area contributed by atoms with Gasteiger partial charge in [0.15, 0.2) is 0 Å². The molecule has 35 heavy (non-hydrogen) atoms. The van der Waals surface area contributed by atoms with Gasteiger partial charge in [0.25, 0.3) is 5.56 Å². The molecule has 186 valence electrons. The summed E-state index contributed by atoms with van der Waals surface area (Å²) in [5, 5.41) is 0.368. The number of nitrogens with zero attached hydrogens (tertiary/aromatic N) is 2. The van der Waals surface area contributed by atoms with Crippen LogP contribution in [0.4, 0.5) is 26.3 Å². The summed E-state index contributed by atoms with van der Waals surface area (Å²) in [5.41, 5.74) is -3.34. The SMILES string of the molecule is CCCCN(Cc1nc2ccccc2c(=O)[nH]1)C(=O)/C=C/c1cc(C(F)(F)F)cc(C(F)(F)F)c1. The number of alkyl halides is 6. The number of amides is 1. The fourth-order valence-electron chi connectivity index (χ4n) is 3.35. The van der Waals surface area contributed by atoms with Crippen molar-refractivity contribution in [3.63, 3.8) is 0 Å². The van der Waals surface area contributed by atoms with Crippen LogP contribution in [0.5, 0.6) is 0 Å². The molecule has 2 aromatic carbocycles. The number of H-pyrrole nitrogens is 1. The zero-order valence-electron chi connectivity index (χ0n) is 18.5. The third-order valence-electron chi connectivity index (χ3n) is 5.12. The topological polar surface area (TPSA) is 66.1 Å². The van der Waals surface area contributed by atoms with Crippen LogP contribution in [-0.4, -0.2) is 27.3 Å². The summed E-state index contributed by atoms with van der Waals surface area (Å²) in [7, 11) is 0. The lowest BCUT2D eigenvalue weighted by Crippen LogP contribution is -2.31. The highest BCUT2D eigenvalue weighted by Gasteiger charge is 2.36. The minimum absolute atomic E-state index is 0.0223. The molecule has 5 nitrogen and oxygen atoms in total. The molecule has 0 radical (unpaired) electrons. The summed E-state index contributed by atoms with van der Waals surface area (Å²) in [6.45, 7) is 2.03. The van der Waals surface area contributed by atoms with Gasteiger partial charge < -0.3 is 9.88 Å². The van der Waals surface area contributed by atoms with E-state index in [0.717, 1.165) is 18.6 Å². The van der Waals surface area contributed by atoms with Gasteiger partial charge in [-0.25, -0.2) is 4.98 Å². The standard InChI is InChI=1S/C24H21F6N3O2/c1-2-3-10-33(14-20-31-19-7-5-4-6-18(19)22(35)32-20)21(34)9-8-15-11-16(23(25,26)27)13-17(12-15)24(28,29)30/h4-9,11-13H,2-3,10,14H2,1H3,(H,31,32,35)/b9-8+. The van der Waals surface area contributed by atoms with E-state index in [1.807, 2.05) is 6.92 Å². The Morgan fingerprint density at radius 1 is 1.03 bits per heavy atom. The summed E-state index contributed by atoms with van der Waals surface area (Å²) >= 11 is 0. The fourth-order valence-corrected chi connectivity index (χ4v) is 3.35. The molecule has 0 aliphatic carbocycles.